The van der Waals surface area contributed by atoms with Crippen LogP contribution in [-0.2, 0) is 9.53 Å². The molecule has 0 saturated heterocycles. The number of hydrogen-bond donors (Lipinski definition) is 1. The van der Waals surface area contributed by atoms with Gasteiger partial charge < -0.3 is 19.5 Å². The van der Waals surface area contributed by atoms with Gasteiger partial charge in [0.2, 0.25) is 0 Å². The number of thiophene rings is 1. The van der Waals surface area contributed by atoms with Gasteiger partial charge >= 0.3 is 5.97 Å². The monoisotopic (exact) mass is 335 g/mol. The molecule has 0 aliphatic rings. The number of methoxy groups -OCH3 is 1. The van der Waals surface area contributed by atoms with E-state index in [0.717, 1.165) is 0 Å². The minimum Gasteiger partial charge on any atom is -0.493 e. The average molecular weight is 335 g/mol. The molecule has 6 nitrogen and oxygen atoms in total. The molecule has 1 amide bonds. The Bertz CT molecular complexity index is 642. The predicted molar refractivity (Wildman–Crippen MR) is 86.1 cm³/mol. The van der Waals surface area contributed by atoms with E-state index in [9.17, 15) is 9.59 Å². The summed E-state index contributed by atoms with van der Waals surface area (Å²) in [5.74, 6) is 0.348. The fourth-order valence-corrected chi connectivity index (χ4v) is 2.36. The zero-order valence-corrected chi connectivity index (χ0v) is 13.4. The molecular weight excluding hydrogens is 318 g/mol. The van der Waals surface area contributed by atoms with Crippen LogP contribution in [0.25, 0.3) is 0 Å². The Kier molecular flexibility index (Phi) is 6.43. The van der Waals surface area contributed by atoms with Crippen molar-refractivity contribution in [1.29, 1.82) is 0 Å². The molecule has 0 atom stereocenters. The molecule has 23 heavy (non-hydrogen) atoms. The van der Waals surface area contributed by atoms with Crippen molar-refractivity contribution in [2.24, 2.45) is 0 Å². The summed E-state index contributed by atoms with van der Waals surface area (Å²) in [6.45, 7) is 0.265. The average Bonchev–Trinajstić information content (AvgIpc) is 3.11. The van der Waals surface area contributed by atoms with Crippen molar-refractivity contribution in [3.8, 4) is 11.5 Å². The summed E-state index contributed by atoms with van der Waals surface area (Å²) in [4.78, 5) is 23.1. The Morgan fingerprint density at radius 1 is 1.17 bits per heavy atom. The zero-order chi connectivity index (χ0) is 16.5. The minimum absolute atomic E-state index is 0.282. The first-order chi connectivity index (χ1) is 11.2. The molecule has 0 spiro atoms. The number of hydrogen-bond acceptors (Lipinski definition) is 6. The van der Waals surface area contributed by atoms with Crippen molar-refractivity contribution < 1.29 is 23.8 Å². The SMILES string of the molecule is COc1ccccc1OCCNC(=O)COC(=O)c1ccsc1. The van der Waals surface area contributed by atoms with Crippen molar-refractivity contribution in [3.05, 3.63) is 46.7 Å². The van der Waals surface area contributed by atoms with E-state index in [2.05, 4.69) is 5.32 Å². The second-order valence-corrected chi connectivity index (χ2v) is 5.22. The highest BCUT2D eigenvalue weighted by atomic mass is 32.1. The first-order valence-electron chi connectivity index (χ1n) is 6.92. The number of para-hydroxylation sites is 2. The van der Waals surface area contributed by atoms with E-state index in [4.69, 9.17) is 14.2 Å². The van der Waals surface area contributed by atoms with Gasteiger partial charge in [0, 0.05) is 5.38 Å². The number of esters is 1. The molecule has 0 bridgehead atoms. The molecule has 1 heterocycles. The lowest BCUT2D eigenvalue weighted by Crippen LogP contribution is -2.32. The molecule has 7 heteroatoms. The number of benzene rings is 1. The lowest BCUT2D eigenvalue weighted by Gasteiger charge is -2.10. The van der Waals surface area contributed by atoms with Gasteiger partial charge in [-0.3, -0.25) is 4.79 Å². The first kappa shape index (κ1) is 16.8. The summed E-state index contributed by atoms with van der Waals surface area (Å²) in [5.41, 5.74) is 0.447. The number of nitrogens with one attached hydrogen (secondary N) is 1. The summed E-state index contributed by atoms with van der Waals surface area (Å²) in [6.07, 6.45) is 0. The van der Waals surface area contributed by atoms with E-state index in [-0.39, 0.29) is 19.1 Å². The molecule has 0 saturated carbocycles. The summed E-state index contributed by atoms with van der Waals surface area (Å²) >= 11 is 1.39. The van der Waals surface area contributed by atoms with Crippen LogP contribution in [0.4, 0.5) is 0 Å². The number of carbonyl (C=O) groups excluding carboxylic acids is 2. The van der Waals surface area contributed by atoms with Crippen LogP contribution in [0.5, 0.6) is 11.5 Å². The van der Waals surface area contributed by atoms with E-state index in [1.807, 2.05) is 12.1 Å². The lowest BCUT2D eigenvalue weighted by atomic mass is 10.3. The van der Waals surface area contributed by atoms with Gasteiger partial charge in [-0.05, 0) is 23.6 Å². The van der Waals surface area contributed by atoms with E-state index in [1.54, 1.807) is 36.1 Å². The normalized spacial score (nSPS) is 9.96. The molecule has 0 unspecified atom stereocenters. The standard InChI is InChI=1S/C16H17NO5S/c1-20-13-4-2-3-5-14(13)21-8-7-17-15(18)10-22-16(19)12-6-9-23-11-12/h2-6,9,11H,7-8,10H2,1H3,(H,17,18). The molecule has 1 aromatic heterocycles. The smallest absolute Gasteiger partial charge is 0.339 e. The predicted octanol–water partition coefficient (Wildman–Crippen LogP) is 2.11. The maximum absolute atomic E-state index is 11.6. The van der Waals surface area contributed by atoms with E-state index in [1.165, 1.54) is 11.3 Å². The van der Waals surface area contributed by atoms with Crippen LogP contribution in [-0.4, -0.2) is 38.7 Å². The number of ether oxygens (including phenoxy) is 3. The fraction of sp³-hybridized carbons (Fsp3) is 0.250. The summed E-state index contributed by atoms with van der Waals surface area (Å²) in [6, 6.07) is 8.89. The third-order valence-electron chi connectivity index (χ3n) is 2.84. The molecule has 0 radical (unpaired) electrons. The largest absolute Gasteiger partial charge is 0.493 e. The Labute approximate surface area is 138 Å². The van der Waals surface area contributed by atoms with Crippen LogP contribution >= 0.6 is 11.3 Å². The molecule has 2 rings (SSSR count). The molecule has 0 aliphatic carbocycles. The maximum atomic E-state index is 11.6. The van der Waals surface area contributed by atoms with Crippen LogP contribution in [0.2, 0.25) is 0 Å². The van der Waals surface area contributed by atoms with Crippen LogP contribution in [0, 0.1) is 0 Å². The van der Waals surface area contributed by atoms with Gasteiger partial charge in [-0.2, -0.15) is 11.3 Å². The van der Waals surface area contributed by atoms with Crippen LogP contribution < -0.4 is 14.8 Å². The van der Waals surface area contributed by atoms with Gasteiger partial charge in [0.1, 0.15) is 6.61 Å². The Morgan fingerprint density at radius 2 is 1.96 bits per heavy atom. The van der Waals surface area contributed by atoms with Gasteiger partial charge in [-0.25, -0.2) is 4.79 Å². The van der Waals surface area contributed by atoms with Gasteiger partial charge in [-0.1, -0.05) is 12.1 Å². The second-order valence-electron chi connectivity index (χ2n) is 4.44. The maximum Gasteiger partial charge on any atom is 0.339 e. The third kappa shape index (κ3) is 5.30. The van der Waals surface area contributed by atoms with E-state index < -0.39 is 5.97 Å². The van der Waals surface area contributed by atoms with Crippen molar-refractivity contribution >= 4 is 23.2 Å². The summed E-state index contributed by atoms with van der Waals surface area (Å²) in [5, 5.41) is 6.05. The molecule has 2 aromatic rings. The molecule has 122 valence electrons. The third-order valence-corrected chi connectivity index (χ3v) is 3.53. The number of amides is 1. The van der Waals surface area contributed by atoms with E-state index >= 15 is 0 Å². The highest BCUT2D eigenvalue weighted by Gasteiger charge is 2.10. The van der Waals surface area contributed by atoms with Gasteiger partial charge in [0.25, 0.3) is 5.91 Å². The van der Waals surface area contributed by atoms with Gasteiger partial charge in [0.05, 0.1) is 19.2 Å². The molecular formula is C16H17NO5S. The Hall–Kier alpha value is -2.54. The van der Waals surface area contributed by atoms with Crippen LogP contribution in [0.3, 0.4) is 0 Å². The second kappa shape index (κ2) is 8.79. The highest BCUT2D eigenvalue weighted by Crippen LogP contribution is 2.25. The van der Waals surface area contributed by atoms with E-state index in [0.29, 0.717) is 23.6 Å². The van der Waals surface area contributed by atoms with Gasteiger partial charge in [-0.15, -0.1) is 0 Å². The topological polar surface area (TPSA) is 73.9 Å². The highest BCUT2D eigenvalue weighted by molar-refractivity contribution is 7.08. The molecule has 1 N–H and O–H groups in total. The van der Waals surface area contributed by atoms with Crippen molar-refractivity contribution in [1.82, 2.24) is 5.32 Å². The zero-order valence-electron chi connectivity index (χ0n) is 12.6. The van der Waals surface area contributed by atoms with Crippen molar-refractivity contribution in [3.63, 3.8) is 0 Å². The Morgan fingerprint density at radius 3 is 2.65 bits per heavy atom. The van der Waals surface area contributed by atoms with Crippen LogP contribution in [0.1, 0.15) is 10.4 Å². The van der Waals surface area contributed by atoms with Crippen molar-refractivity contribution in [2.45, 2.75) is 0 Å². The van der Waals surface area contributed by atoms with Crippen LogP contribution in [0.15, 0.2) is 41.1 Å². The summed E-state index contributed by atoms with van der Waals surface area (Å²) < 4.78 is 15.6. The first-order valence-corrected chi connectivity index (χ1v) is 7.87. The van der Waals surface area contributed by atoms with Gasteiger partial charge in [0.15, 0.2) is 18.1 Å². The molecule has 0 fully saturated rings. The lowest BCUT2D eigenvalue weighted by molar-refractivity contribution is -0.124. The minimum atomic E-state index is -0.508. The van der Waals surface area contributed by atoms with Crippen molar-refractivity contribution in [2.75, 3.05) is 26.9 Å². The Balaban J connectivity index is 1.64. The molecule has 1 aromatic carbocycles. The number of carbonyl (C=O) groups is 2. The summed E-state index contributed by atoms with van der Waals surface area (Å²) in [7, 11) is 1.56. The fourth-order valence-electron chi connectivity index (χ4n) is 1.74. The molecule has 0 aliphatic heterocycles. The quantitative estimate of drug-likeness (QED) is 0.591. The number of rotatable bonds is 8.